The monoisotopic (exact) mass is 457 g/mol. The molecule has 0 saturated carbocycles. The number of anilines is 1. The summed E-state index contributed by atoms with van der Waals surface area (Å²) in [6.07, 6.45) is 3.48. The van der Waals surface area contributed by atoms with E-state index in [4.69, 9.17) is 14.6 Å². The number of benzene rings is 2. The fraction of sp³-hybridized carbons (Fsp3) is 0.192. The standard InChI is InChI=1S/C26H27N5O3/c1-30(2)25-19(9-8-14-27-25)16-28-26(32)21-17-31(20-10-6-5-7-11-20)29-24(21)18-12-13-22(33-3)23(15-18)34-4/h5-15,17H,16H2,1-4H3,(H,28,32). The SMILES string of the molecule is COc1ccc(-c2nn(-c3ccccc3)cc2C(=O)NCc2cccnc2N(C)C)cc1OC. The third kappa shape index (κ3) is 4.71. The van der Waals surface area contributed by atoms with Crippen molar-refractivity contribution in [3.63, 3.8) is 0 Å². The van der Waals surface area contributed by atoms with Gasteiger partial charge in [0.1, 0.15) is 11.5 Å². The smallest absolute Gasteiger partial charge is 0.255 e. The Bertz CT molecular complexity index is 1280. The zero-order chi connectivity index (χ0) is 24.1. The van der Waals surface area contributed by atoms with Crippen LogP contribution < -0.4 is 19.7 Å². The number of ether oxygens (including phenoxy) is 2. The van der Waals surface area contributed by atoms with Crippen molar-refractivity contribution in [2.75, 3.05) is 33.2 Å². The van der Waals surface area contributed by atoms with Crippen LogP contribution in [-0.4, -0.2) is 49.0 Å². The molecular formula is C26H27N5O3. The largest absolute Gasteiger partial charge is 0.493 e. The van der Waals surface area contributed by atoms with E-state index in [0.29, 0.717) is 29.3 Å². The first-order valence-electron chi connectivity index (χ1n) is 10.8. The minimum Gasteiger partial charge on any atom is -0.493 e. The summed E-state index contributed by atoms with van der Waals surface area (Å²) >= 11 is 0. The number of hydrogen-bond acceptors (Lipinski definition) is 6. The van der Waals surface area contributed by atoms with Gasteiger partial charge in [-0.2, -0.15) is 5.10 Å². The van der Waals surface area contributed by atoms with E-state index in [9.17, 15) is 4.79 Å². The lowest BCUT2D eigenvalue weighted by molar-refractivity contribution is 0.0951. The predicted molar refractivity (Wildman–Crippen MR) is 132 cm³/mol. The molecule has 0 atom stereocenters. The van der Waals surface area contributed by atoms with Crippen molar-refractivity contribution in [1.29, 1.82) is 0 Å². The Kier molecular flexibility index (Phi) is 6.77. The van der Waals surface area contributed by atoms with Gasteiger partial charge in [0.25, 0.3) is 5.91 Å². The third-order valence-corrected chi connectivity index (χ3v) is 5.37. The molecule has 2 aromatic heterocycles. The number of carbonyl (C=O) groups is 1. The van der Waals surface area contributed by atoms with Gasteiger partial charge in [-0.05, 0) is 36.4 Å². The van der Waals surface area contributed by atoms with Crippen molar-refractivity contribution in [3.8, 4) is 28.4 Å². The maximum atomic E-state index is 13.4. The molecule has 8 heteroatoms. The molecule has 1 N–H and O–H groups in total. The highest BCUT2D eigenvalue weighted by Crippen LogP contribution is 2.33. The lowest BCUT2D eigenvalue weighted by Gasteiger charge is -2.16. The van der Waals surface area contributed by atoms with E-state index >= 15 is 0 Å². The fourth-order valence-electron chi connectivity index (χ4n) is 3.69. The molecule has 0 radical (unpaired) electrons. The summed E-state index contributed by atoms with van der Waals surface area (Å²) in [4.78, 5) is 19.7. The van der Waals surface area contributed by atoms with E-state index in [1.54, 1.807) is 37.4 Å². The molecule has 0 fully saturated rings. The fourth-order valence-corrected chi connectivity index (χ4v) is 3.69. The lowest BCUT2D eigenvalue weighted by Crippen LogP contribution is -2.24. The van der Waals surface area contributed by atoms with Gasteiger partial charge in [-0.3, -0.25) is 4.79 Å². The number of aromatic nitrogens is 3. The van der Waals surface area contributed by atoms with E-state index in [1.165, 1.54) is 0 Å². The summed E-state index contributed by atoms with van der Waals surface area (Å²) in [6, 6.07) is 19.0. The van der Waals surface area contributed by atoms with Crippen molar-refractivity contribution in [2.24, 2.45) is 0 Å². The van der Waals surface area contributed by atoms with Crippen LogP contribution >= 0.6 is 0 Å². The van der Waals surface area contributed by atoms with Crippen LogP contribution in [0.4, 0.5) is 5.82 Å². The zero-order valence-corrected chi connectivity index (χ0v) is 19.6. The van der Waals surface area contributed by atoms with E-state index in [1.807, 2.05) is 73.6 Å². The number of amides is 1. The van der Waals surface area contributed by atoms with Gasteiger partial charge in [0.2, 0.25) is 0 Å². The summed E-state index contributed by atoms with van der Waals surface area (Å²) in [5.74, 6) is 1.74. The highest BCUT2D eigenvalue weighted by atomic mass is 16.5. The predicted octanol–water partition coefficient (Wildman–Crippen LogP) is 3.95. The Morgan fingerprint density at radius 2 is 1.76 bits per heavy atom. The Hall–Kier alpha value is -4.33. The number of nitrogens with one attached hydrogen (secondary N) is 1. The van der Waals surface area contributed by atoms with Crippen LogP contribution in [0.1, 0.15) is 15.9 Å². The number of nitrogens with zero attached hydrogens (tertiary/aromatic N) is 4. The molecule has 0 saturated heterocycles. The first kappa shape index (κ1) is 22.8. The molecule has 174 valence electrons. The number of para-hydroxylation sites is 1. The maximum Gasteiger partial charge on any atom is 0.255 e. The first-order valence-corrected chi connectivity index (χ1v) is 10.8. The summed E-state index contributed by atoms with van der Waals surface area (Å²) in [5, 5.41) is 7.76. The van der Waals surface area contributed by atoms with E-state index in [-0.39, 0.29) is 5.91 Å². The Morgan fingerprint density at radius 3 is 2.47 bits per heavy atom. The zero-order valence-electron chi connectivity index (χ0n) is 19.6. The quantitative estimate of drug-likeness (QED) is 0.432. The average molecular weight is 458 g/mol. The van der Waals surface area contributed by atoms with Crippen LogP contribution in [0.15, 0.2) is 73.1 Å². The number of hydrogen-bond donors (Lipinski definition) is 1. The van der Waals surface area contributed by atoms with E-state index in [0.717, 1.165) is 22.6 Å². The van der Waals surface area contributed by atoms with Crippen LogP contribution in [0.2, 0.25) is 0 Å². The molecule has 0 aliphatic rings. The second-order valence-electron chi connectivity index (χ2n) is 7.80. The minimum atomic E-state index is -0.236. The molecule has 2 aromatic carbocycles. The van der Waals surface area contributed by atoms with E-state index in [2.05, 4.69) is 10.3 Å². The maximum absolute atomic E-state index is 13.4. The van der Waals surface area contributed by atoms with Crippen molar-refractivity contribution < 1.29 is 14.3 Å². The van der Waals surface area contributed by atoms with Gasteiger partial charge >= 0.3 is 0 Å². The molecular weight excluding hydrogens is 430 g/mol. The summed E-state index contributed by atoms with van der Waals surface area (Å²) in [7, 11) is 7.01. The second-order valence-corrected chi connectivity index (χ2v) is 7.80. The molecule has 1 amide bonds. The molecule has 0 spiro atoms. The van der Waals surface area contributed by atoms with Crippen LogP contribution in [0.5, 0.6) is 11.5 Å². The second kappa shape index (κ2) is 10.1. The van der Waals surface area contributed by atoms with Gasteiger partial charge < -0.3 is 19.7 Å². The molecule has 0 aliphatic carbocycles. The lowest BCUT2D eigenvalue weighted by atomic mass is 10.1. The number of carbonyl (C=O) groups excluding carboxylic acids is 1. The Morgan fingerprint density at radius 1 is 1.00 bits per heavy atom. The molecule has 0 aliphatic heterocycles. The van der Waals surface area contributed by atoms with Crippen LogP contribution in [-0.2, 0) is 6.54 Å². The minimum absolute atomic E-state index is 0.236. The molecule has 4 aromatic rings. The Labute approximate surface area is 198 Å². The van der Waals surface area contributed by atoms with Crippen LogP contribution in [0.3, 0.4) is 0 Å². The molecule has 34 heavy (non-hydrogen) atoms. The molecule has 0 unspecified atom stereocenters. The van der Waals surface area contributed by atoms with Gasteiger partial charge in [-0.15, -0.1) is 0 Å². The topological polar surface area (TPSA) is 81.5 Å². The molecule has 8 nitrogen and oxygen atoms in total. The normalized spacial score (nSPS) is 10.6. The number of methoxy groups -OCH3 is 2. The first-order chi connectivity index (χ1) is 16.5. The van der Waals surface area contributed by atoms with Gasteiger partial charge in [-0.1, -0.05) is 24.3 Å². The van der Waals surface area contributed by atoms with Crippen molar-refractivity contribution in [1.82, 2.24) is 20.1 Å². The van der Waals surface area contributed by atoms with Crippen molar-refractivity contribution in [2.45, 2.75) is 6.54 Å². The Balaban J connectivity index is 1.71. The summed E-state index contributed by atoms with van der Waals surface area (Å²) < 4.78 is 12.5. The van der Waals surface area contributed by atoms with Gasteiger partial charge in [0.05, 0.1) is 25.5 Å². The third-order valence-electron chi connectivity index (χ3n) is 5.37. The van der Waals surface area contributed by atoms with Gasteiger partial charge in [-0.25, -0.2) is 9.67 Å². The average Bonchev–Trinajstić information content (AvgIpc) is 3.33. The number of rotatable bonds is 8. The van der Waals surface area contributed by atoms with E-state index < -0.39 is 0 Å². The summed E-state index contributed by atoms with van der Waals surface area (Å²) in [6.45, 7) is 0.335. The highest BCUT2D eigenvalue weighted by Gasteiger charge is 2.20. The van der Waals surface area contributed by atoms with Crippen LogP contribution in [0.25, 0.3) is 16.9 Å². The molecule has 2 heterocycles. The summed E-state index contributed by atoms with van der Waals surface area (Å²) in [5.41, 5.74) is 3.51. The van der Waals surface area contributed by atoms with Crippen LogP contribution in [0, 0.1) is 0 Å². The molecule has 0 bridgehead atoms. The van der Waals surface area contributed by atoms with Crippen molar-refractivity contribution in [3.05, 3.63) is 84.2 Å². The van der Waals surface area contributed by atoms with Gasteiger partial charge in [0, 0.05) is 44.2 Å². The molecule has 4 rings (SSSR count). The highest BCUT2D eigenvalue weighted by molar-refractivity contribution is 6.00. The van der Waals surface area contributed by atoms with Crippen molar-refractivity contribution >= 4 is 11.7 Å². The number of pyridine rings is 1. The van der Waals surface area contributed by atoms with Gasteiger partial charge in [0.15, 0.2) is 11.5 Å².